The molecule has 9 atom stereocenters. The minimum absolute atomic E-state index is 0.0805. The smallest absolute Gasteiger partial charge is 0.311 e. The van der Waals surface area contributed by atoms with Crippen LogP contribution in [0.5, 0.6) is 0 Å². The fraction of sp³-hybridized carbons (Fsp3) is 0.963. The van der Waals surface area contributed by atoms with Crippen molar-refractivity contribution in [2.75, 3.05) is 26.7 Å². The summed E-state index contributed by atoms with van der Waals surface area (Å²) in [5.41, 5.74) is -2.00. The third kappa shape index (κ3) is 6.21. The van der Waals surface area contributed by atoms with E-state index in [-0.39, 0.29) is 24.0 Å². The number of ether oxygens (including phenoxy) is 3. The predicted octanol–water partition coefficient (Wildman–Crippen LogP) is 2.70. The van der Waals surface area contributed by atoms with Crippen LogP contribution in [0.25, 0.3) is 0 Å². The van der Waals surface area contributed by atoms with E-state index in [2.05, 4.69) is 31.0 Å². The summed E-state index contributed by atoms with van der Waals surface area (Å²) in [5, 5.41) is 26.0. The van der Waals surface area contributed by atoms with Gasteiger partial charge in [0.1, 0.15) is 17.8 Å². The van der Waals surface area contributed by atoms with Gasteiger partial charge in [0.2, 0.25) is 0 Å². The molecule has 0 aromatic heterocycles. The van der Waals surface area contributed by atoms with E-state index in [1.165, 1.54) is 0 Å². The summed E-state index contributed by atoms with van der Waals surface area (Å²) in [5.74, 6) is -1.30. The van der Waals surface area contributed by atoms with Crippen LogP contribution < -0.4 is 5.32 Å². The molecule has 0 aromatic carbocycles. The van der Waals surface area contributed by atoms with Crippen molar-refractivity contribution < 1.29 is 29.2 Å². The lowest BCUT2D eigenvalue weighted by Crippen LogP contribution is -2.59. The predicted molar refractivity (Wildman–Crippen MR) is 135 cm³/mol. The van der Waals surface area contributed by atoms with Gasteiger partial charge in [0.05, 0.1) is 17.6 Å². The van der Waals surface area contributed by atoms with E-state index in [0.717, 1.165) is 45.3 Å². The van der Waals surface area contributed by atoms with Crippen LogP contribution in [0.15, 0.2) is 0 Å². The number of likely N-dealkylation sites (N-methyl/N-ethyl adjacent to an activating group) is 1. The van der Waals surface area contributed by atoms with Crippen molar-refractivity contribution in [2.24, 2.45) is 17.8 Å². The Morgan fingerprint density at radius 3 is 2.34 bits per heavy atom. The molecule has 1 spiro atoms. The Labute approximate surface area is 212 Å². The van der Waals surface area contributed by atoms with Gasteiger partial charge in [-0.15, -0.1) is 0 Å². The second-order valence-electron chi connectivity index (χ2n) is 12.3. The van der Waals surface area contributed by atoms with Crippen LogP contribution in [0.4, 0.5) is 0 Å². The molecule has 2 bridgehead atoms. The Morgan fingerprint density at radius 2 is 1.74 bits per heavy atom. The summed E-state index contributed by atoms with van der Waals surface area (Å²) in [6.07, 6.45) is 1.20. The fourth-order valence-corrected chi connectivity index (χ4v) is 6.80. The summed E-state index contributed by atoms with van der Waals surface area (Å²) >= 11 is 0. The zero-order chi connectivity index (χ0) is 26.2. The number of nitrogens with zero attached hydrogens (tertiary/aromatic N) is 1. The van der Waals surface area contributed by atoms with Crippen LogP contribution in [-0.4, -0.2) is 89.1 Å². The molecule has 8 heteroatoms. The van der Waals surface area contributed by atoms with Crippen molar-refractivity contribution in [1.29, 1.82) is 0 Å². The van der Waals surface area contributed by atoms with Gasteiger partial charge in [-0.25, -0.2) is 0 Å². The van der Waals surface area contributed by atoms with Crippen molar-refractivity contribution in [2.45, 2.75) is 122 Å². The van der Waals surface area contributed by atoms with Crippen LogP contribution in [0.2, 0.25) is 0 Å². The van der Waals surface area contributed by atoms with E-state index in [1.807, 2.05) is 27.8 Å². The summed E-state index contributed by atoms with van der Waals surface area (Å²) in [6.45, 7) is 16.1. The number of fused-ring (bicyclic) bond motifs is 3. The van der Waals surface area contributed by atoms with Gasteiger partial charge in [0.25, 0.3) is 0 Å². The van der Waals surface area contributed by atoms with Gasteiger partial charge in [0.15, 0.2) is 5.79 Å². The number of carbonyl (C=O) groups excluding carboxylic acids is 1. The number of nitrogens with one attached hydrogen (secondary N) is 1. The number of cyclic esters (lactones) is 1. The number of piperidine rings is 1. The lowest BCUT2D eigenvalue weighted by atomic mass is 9.81. The molecule has 3 aliphatic rings. The SMILES string of the molecule is CC[C@H]1OC(=O)[C@H](C)[C@H]2OC3(CCNCC3)O[C@](C)(C[C@@H](C)CN(C)[C@H](C)[C@@H](O)[C@]1(C)O)C[C@H]2C. The number of aliphatic hydroxyl groups is 2. The van der Waals surface area contributed by atoms with Crippen molar-refractivity contribution in [1.82, 2.24) is 10.2 Å². The van der Waals surface area contributed by atoms with Crippen LogP contribution in [0.1, 0.15) is 80.6 Å². The van der Waals surface area contributed by atoms with E-state index < -0.39 is 41.1 Å². The molecule has 3 aliphatic heterocycles. The summed E-state index contributed by atoms with van der Waals surface area (Å²) < 4.78 is 19.6. The lowest BCUT2D eigenvalue weighted by Gasteiger charge is -2.45. The number of esters is 1. The molecular weight excluding hydrogens is 448 g/mol. The van der Waals surface area contributed by atoms with Gasteiger partial charge >= 0.3 is 5.97 Å². The summed E-state index contributed by atoms with van der Waals surface area (Å²) in [7, 11) is 1.97. The molecule has 204 valence electrons. The number of hydrogen-bond acceptors (Lipinski definition) is 8. The highest BCUT2D eigenvalue weighted by molar-refractivity contribution is 5.73. The minimum atomic E-state index is -1.59. The maximum Gasteiger partial charge on any atom is 0.311 e. The first kappa shape index (κ1) is 28.8. The third-order valence-corrected chi connectivity index (χ3v) is 8.74. The first-order valence-corrected chi connectivity index (χ1v) is 13.6. The average molecular weight is 499 g/mol. The van der Waals surface area contributed by atoms with E-state index in [4.69, 9.17) is 14.2 Å². The van der Waals surface area contributed by atoms with Crippen molar-refractivity contribution in [3.63, 3.8) is 0 Å². The van der Waals surface area contributed by atoms with Crippen LogP contribution in [0, 0.1) is 17.8 Å². The van der Waals surface area contributed by atoms with E-state index >= 15 is 0 Å². The average Bonchev–Trinajstić information content (AvgIpc) is 2.88. The molecule has 3 rings (SSSR count). The van der Waals surface area contributed by atoms with Gasteiger partial charge in [-0.1, -0.05) is 20.8 Å². The Hall–Kier alpha value is -0.770. The number of hydrogen-bond donors (Lipinski definition) is 3. The largest absolute Gasteiger partial charge is 0.459 e. The Balaban J connectivity index is 2.03. The highest BCUT2D eigenvalue weighted by atomic mass is 16.7. The third-order valence-electron chi connectivity index (χ3n) is 8.74. The van der Waals surface area contributed by atoms with Crippen molar-refractivity contribution in [3.8, 4) is 0 Å². The molecule has 0 unspecified atom stereocenters. The van der Waals surface area contributed by atoms with Crippen molar-refractivity contribution >= 4 is 5.97 Å². The van der Waals surface area contributed by atoms with Crippen LogP contribution >= 0.6 is 0 Å². The molecular formula is C27H50N2O6. The van der Waals surface area contributed by atoms with E-state index in [1.54, 1.807) is 6.92 Å². The molecule has 0 saturated carbocycles. The maximum absolute atomic E-state index is 13.5. The zero-order valence-electron chi connectivity index (χ0n) is 23.2. The van der Waals surface area contributed by atoms with Crippen molar-refractivity contribution in [3.05, 3.63) is 0 Å². The van der Waals surface area contributed by atoms with Gasteiger partial charge in [-0.2, -0.15) is 0 Å². The normalized spacial score (nSPS) is 46.5. The Morgan fingerprint density at radius 1 is 1.11 bits per heavy atom. The Bertz CT molecular complexity index is 726. The first-order valence-electron chi connectivity index (χ1n) is 13.6. The highest BCUT2D eigenvalue weighted by Gasteiger charge is 2.51. The van der Waals surface area contributed by atoms with Gasteiger partial charge in [0, 0.05) is 38.5 Å². The molecule has 3 heterocycles. The molecule has 0 radical (unpaired) electrons. The summed E-state index contributed by atoms with van der Waals surface area (Å²) in [6, 6.07) is -0.325. The molecule has 3 saturated heterocycles. The van der Waals surface area contributed by atoms with Gasteiger partial charge in [-0.05, 0) is 65.8 Å². The van der Waals surface area contributed by atoms with Crippen LogP contribution in [0.3, 0.4) is 0 Å². The standard InChI is InChI=1S/C27H50N2O6/c1-9-21-26(7,32)23(30)20(5)29(8)16-17(2)14-25(6)15-18(3)22(19(4)24(31)33-21)34-27(35-25)10-12-28-13-11-27/h17-23,28,30,32H,9-16H2,1-8H3/t17-,18-,19-,20-,21-,22+,23-,25-,26-/m1/s1. The lowest BCUT2D eigenvalue weighted by molar-refractivity contribution is -0.304. The highest BCUT2D eigenvalue weighted by Crippen LogP contribution is 2.45. The Kier molecular flexibility index (Phi) is 8.98. The fourth-order valence-electron chi connectivity index (χ4n) is 6.80. The second-order valence-corrected chi connectivity index (χ2v) is 12.3. The van der Waals surface area contributed by atoms with Gasteiger partial charge in [-0.3, -0.25) is 4.79 Å². The molecule has 3 fully saturated rings. The molecule has 35 heavy (non-hydrogen) atoms. The van der Waals surface area contributed by atoms with E-state index in [9.17, 15) is 15.0 Å². The maximum atomic E-state index is 13.5. The molecule has 0 aliphatic carbocycles. The topological polar surface area (TPSA) is 100 Å². The van der Waals surface area contributed by atoms with E-state index in [0.29, 0.717) is 6.42 Å². The van der Waals surface area contributed by atoms with Gasteiger partial charge < -0.3 is 34.6 Å². The van der Waals surface area contributed by atoms with Crippen LogP contribution in [-0.2, 0) is 19.0 Å². The number of carbonyl (C=O) groups is 1. The quantitative estimate of drug-likeness (QED) is 0.475. The molecule has 8 nitrogen and oxygen atoms in total. The molecule has 0 aromatic rings. The monoisotopic (exact) mass is 498 g/mol. The minimum Gasteiger partial charge on any atom is -0.459 e. The second kappa shape index (κ2) is 10.9. The number of aliphatic hydroxyl groups excluding tert-OH is 1. The first-order chi connectivity index (χ1) is 16.2. The molecule has 0 amide bonds. The number of rotatable bonds is 1. The summed E-state index contributed by atoms with van der Waals surface area (Å²) in [4.78, 5) is 15.5. The molecule has 3 N–H and O–H groups in total. The zero-order valence-corrected chi connectivity index (χ0v) is 23.2.